The van der Waals surface area contributed by atoms with Gasteiger partial charge in [0.2, 0.25) is 0 Å². The first-order chi connectivity index (χ1) is 9.72. The summed E-state index contributed by atoms with van der Waals surface area (Å²) in [7, 11) is 0. The first-order valence-corrected chi connectivity index (χ1v) is 7.15. The molecular weight excluding hydrogens is 273 g/mol. The van der Waals surface area contributed by atoms with Crippen molar-refractivity contribution in [3.63, 3.8) is 0 Å². The third-order valence-corrected chi connectivity index (χ3v) is 4.22. The van der Waals surface area contributed by atoms with E-state index < -0.39 is 17.1 Å². The van der Waals surface area contributed by atoms with E-state index in [1.165, 1.54) is 6.07 Å². The Bertz CT molecular complexity index is 588. The number of ether oxygens (including phenoxy) is 1. The standard InChI is InChI=1S/C16H20FNO3/c1-15(2,3)21-14(20)18-8-16(9-18)7-11-10(13(16)19)5-4-6-12(11)17/h4-6,13,19H,7-9H2,1-3H3. The Morgan fingerprint density at radius 1 is 1.43 bits per heavy atom. The number of carbonyl (C=O) groups excluding carboxylic acids is 1. The highest BCUT2D eigenvalue weighted by Crippen LogP contribution is 2.52. The predicted octanol–water partition coefficient (Wildman–Crippen LogP) is 2.65. The maximum absolute atomic E-state index is 13.8. The largest absolute Gasteiger partial charge is 0.444 e. The van der Waals surface area contributed by atoms with Gasteiger partial charge < -0.3 is 14.7 Å². The first kappa shape index (κ1) is 14.3. The van der Waals surface area contributed by atoms with Crippen LogP contribution >= 0.6 is 0 Å². The molecule has 1 fully saturated rings. The summed E-state index contributed by atoms with van der Waals surface area (Å²) in [6, 6.07) is 4.78. The van der Waals surface area contributed by atoms with E-state index in [4.69, 9.17) is 4.74 Å². The lowest BCUT2D eigenvalue weighted by Gasteiger charge is -2.49. The number of likely N-dealkylation sites (tertiary alicyclic amines) is 1. The molecule has 1 spiro atoms. The van der Waals surface area contributed by atoms with Gasteiger partial charge in [-0.2, -0.15) is 0 Å². The van der Waals surface area contributed by atoms with Crippen LogP contribution in [0.2, 0.25) is 0 Å². The van der Waals surface area contributed by atoms with E-state index in [0.29, 0.717) is 30.6 Å². The molecule has 1 unspecified atom stereocenters. The summed E-state index contributed by atoms with van der Waals surface area (Å²) in [5.41, 5.74) is 0.234. The lowest BCUT2D eigenvalue weighted by Crippen LogP contribution is -2.61. The number of rotatable bonds is 0. The van der Waals surface area contributed by atoms with Crippen molar-refractivity contribution in [1.29, 1.82) is 0 Å². The number of hydrogen-bond donors (Lipinski definition) is 1. The maximum Gasteiger partial charge on any atom is 0.410 e. The number of aliphatic hydroxyl groups is 1. The Labute approximate surface area is 123 Å². The summed E-state index contributed by atoms with van der Waals surface area (Å²) < 4.78 is 19.1. The van der Waals surface area contributed by atoms with Gasteiger partial charge in [-0.15, -0.1) is 0 Å². The van der Waals surface area contributed by atoms with Crippen LogP contribution in [0, 0.1) is 11.2 Å². The molecule has 5 heteroatoms. The lowest BCUT2D eigenvalue weighted by molar-refractivity contribution is -0.0860. The van der Waals surface area contributed by atoms with E-state index in [1.54, 1.807) is 17.0 Å². The number of hydrogen-bond acceptors (Lipinski definition) is 3. The molecule has 0 radical (unpaired) electrons. The zero-order valence-corrected chi connectivity index (χ0v) is 12.5. The molecule has 1 aromatic rings. The van der Waals surface area contributed by atoms with E-state index in [0.717, 1.165) is 0 Å². The number of aliphatic hydroxyl groups excluding tert-OH is 1. The molecule has 4 nitrogen and oxygen atoms in total. The second kappa shape index (κ2) is 4.44. The SMILES string of the molecule is CC(C)(C)OC(=O)N1CC2(Cc3c(F)cccc3C2O)C1. The Balaban J connectivity index is 1.72. The van der Waals surface area contributed by atoms with Crippen LogP contribution in [0.15, 0.2) is 18.2 Å². The highest BCUT2D eigenvalue weighted by molar-refractivity contribution is 5.70. The zero-order valence-electron chi connectivity index (χ0n) is 12.5. The molecule has 1 aromatic carbocycles. The predicted molar refractivity (Wildman–Crippen MR) is 75.3 cm³/mol. The molecular formula is C16H20FNO3. The summed E-state index contributed by atoms with van der Waals surface area (Å²) in [5.74, 6) is -0.279. The summed E-state index contributed by atoms with van der Waals surface area (Å²) in [5, 5.41) is 10.5. The van der Waals surface area contributed by atoms with Gasteiger partial charge in [0, 0.05) is 18.5 Å². The van der Waals surface area contributed by atoms with E-state index in [-0.39, 0.29) is 11.9 Å². The van der Waals surface area contributed by atoms with Crippen LogP contribution < -0.4 is 0 Å². The van der Waals surface area contributed by atoms with E-state index in [1.807, 2.05) is 20.8 Å². The van der Waals surface area contributed by atoms with Gasteiger partial charge in [0.05, 0.1) is 6.10 Å². The number of benzene rings is 1. The molecule has 1 saturated heterocycles. The van der Waals surface area contributed by atoms with Gasteiger partial charge in [-0.25, -0.2) is 9.18 Å². The second-order valence-electron chi connectivity index (χ2n) is 7.09. The Kier molecular flexibility index (Phi) is 3.03. The maximum atomic E-state index is 13.8. The van der Waals surface area contributed by atoms with Crippen molar-refractivity contribution >= 4 is 6.09 Å². The van der Waals surface area contributed by atoms with Gasteiger partial charge in [-0.3, -0.25) is 0 Å². The Morgan fingerprint density at radius 2 is 2.10 bits per heavy atom. The van der Waals surface area contributed by atoms with E-state index >= 15 is 0 Å². The molecule has 2 aliphatic rings. The number of amides is 1. The third-order valence-electron chi connectivity index (χ3n) is 4.22. The fourth-order valence-corrected chi connectivity index (χ4v) is 3.25. The van der Waals surface area contributed by atoms with Crippen molar-refractivity contribution in [3.8, 4) is 0 Å². The third kappa shape index (κ3) is 2.29. The minimum absolute atomic E-state index is 0.279. The minimum atomic E-state index is -0.720. The van der Waals surface area contributed by atoms with Crippen molar-refractivity contribution in [3.05, 3.63) is 35.1 Å². The Hall–Kier alpha value is -1.62. The van der Waals surface area contributed by atoms with Gasteiger partial charge >= 0.3 is 6.09 Å². The molecule has 21 heavy (non-hydrogen) atoms. The van der Waals surface area contributed by atoms with Gasteiger partial charge in [0.25, 0.3) is 0 Å². The average molecular weight is 293 g/mol. The molecule has 1 atom stereocenters. The van der Waals surface area contributed by atoms with Crippen LogP contribution in [-0.4, -0.2) is 34.8 Å². The molecule has 1 amide bonds. The molecule has 1 aliphatic carbocycles. The molecule has 1 N–H and O–H groups in total. The highest BCUT2D eigenvalue weighted by atomic mass is 19.1. The van der Waals surface area contributed by atoms with Gasteiger partial charge in [-0.05, 0) is 44.4 Å². The zero-order chi connectivity index (χ0) is 15.4. The molecule has 0 saturated carbocycles. The van der Waals surface area contributed by atoms with Crippen molar-refractivity contribution in [1.82, 2.24) is 4.90 Å². The van der Waals surface area contributed by atoms with Crippen LogP contribution in [-0.2, 0) is 11.2 Å². The highest BCUT2D eigenvalue weighted by Gasteiger charge is 2.55. The molecule has 0 aromatic heterocycles. The number of carbonyl (C=O) groups is 1. The second-order valence-corrected chi connectivity index (χ2v) is 7.09. The number of fused-ring (bicyclic) bond motifs is 1. The minimum Gasteiger partial charge on any atom is -0.444 e. The van der Waals surface area contributed by atoms with Crippen molar-refractivity contribution in [2.45, 2.75) is 38.9 Å². The summed E-state index contributed by atoms with van der Waals surface area (Å²) in [6.07, 6.45) is -0.631. The van der Waals surface area contributed by atoms with Crippen molar-refractivity contribution in [2.24, 2.45) is 5.41 Å². The van der Waals surface area contributed by atoms with Gasteiger partial charge in [0.1, 0.15) is 11.4 Å². The lowest BCUT2D eigenvalue weighted by atomic mass is 9.75. The summed E-state index contributed by atoms with van der Waals surface area (Å²) >= 11 is 0. The van der Waals surface area contributed by atoms with E-state index in [2.05, 4.69) is 0 Å². The molecule has 1 heterocycles. The first-order valence-electron chi connectivity index (χ1n) is 7.15. The smallest absolute Gasteiger partial charge is 0.410 e. The average Bonchev–Trinajstić information content (AvgIpc) is 2.61. The van der Waals surface area contributed by atoms with Crippen LogP contribution in [0.25, 0.3) is 0 Å². The molecule has 114 valence electrons. The normalized spacial score (nSPS) is 22.9. The van der Waals surface area contributed by atoms with Crippen LogP contribution in [0.3, 0.4) is 0 Å². The van der Waals surface area contributed by atoms with Crippen LogP contribution in [0.4, 0.5) is 9.18 Å². The number of halogens is 1. The van der Waals surface area contributed by atoms with Crippen molar-refractivity contribution < 1.29 is 19.0 Å². The fourth-order valence-electron chi connectivity index (χ4n) is 3.25. The summed E-state index contributed by atoms with van der Waals surface area (Å²) in [4.78, 5) is 13.5. The molecule has 0 bridgehead atoms. The molecule has 3 rings (SSSR count). The quantitative estimate of drug-likeness (QED) is 0.800. The topological polar surface area (TPSA) is 49.8 Å². The Morgan fingerprint density at radius 3 is 2.67 bits per heavy atom. The summed E-state index contributed by atoms with van der Waals surface area (Å²) in [6.45, 7) is 6.25. The fraction of sp³-hybridized carbons (Fsp3) is 0.562. The van der Waals surface area contributed by atoms with Crippen molar-refractivity contribution in [2.75, 3.05) is 13.1 Å². The van der Waals surface area contributed by atoms with Gasteiger partial charge in [-0.1, -0.05) is 12.1 Å². The van der Waals surface area contributed by atoms with Crippen LogP contribution in [0.1, 0.15) is 38.0 Å². The van der Waals surface area contributed by atoms with Gasteiger partial charge in [0.15, 0.2) is 0 Å². The monoisotopic (exact) mass is 293 g/mol. The van der Waals surface area contributed by atoms with E-state index in [9.17, 15) is 14.3 Å². The number of nitrogens with zero attached hydrogens (tertiary/aromatic N) is 1. The molecule has 1 aliphatic heterocycles. The van der Waals surface area contributed by atoms with Crippen LogP contribution in [0.5, 0.6) is 0 Å².